The van der Waals surface area contributed by atoms with Crippen LogP contribution in [0.1, 0.15) is 49.3 Å². The highest BCUT2D eigenvalue weighted by molar-refractivity contribution is 5.40. The monoisotopic (exact) mass is 258 g/mol. The minimum Gasteiger partial charge on any atom is -0.307 e. The lowest BCUT2D eigenvalue weighted by molar-refractivity contribution is 0.254. The highest BCUT2D eigenvalue weighted by atomic mass is 15.1. The maximum atomic E-state index is 3.69. The van der Waals surface area contributed by atoms with Gasteiger partial charge in [-0.2, -0.15) is 0 Å². The molecule has 0 unspecified atom stereocenters. The second-order valence-electron chi connectivity index (χ2n) is 6.98. The third-order valence-electron chi connectivity index (χ3n) is 4.84. The molecule has 1 saturated heterocycles. The first-order valence-corrected chi connectivity index (χ1v) is 7.59. The van der Waals surface area contributed by atoms with Crippen LogP contribution in [-0.4, -0.2) is 30.6 Å². The van der Waals surface area contributed by atoms with Gasteiger partial charge in [-0.05, 0) is 75.9 Å². The second-order valence-corrected chi connectivity index (χ2v) is 6.98. The van der Waals surface area contributed by atoms with Crippen molar-refractivity contribution in [3.05, 3.63) is 34.9 Å². The number of fused-ring (bicyclic) bond motifs is 1. The first kappa shape index (κ1) is 13.1. The summed E-state index contributed by atoms with van der Waals surface area (Å²) in [6, 6.07) is 6.97. The van der Waals surface area contributed by atoms with Gasteiger partial charge in [-0.1, -0.05) is 18.2 Å². The molecule has 2 aliphatic rings. The molecular formula is C17H26N2. The van der Waals surface area contributed by atoms with Crippen LogP contribution in [0, 0.1) is 0 Å². The van der Waals surface area contributed by atoms with Crippen LogP contribution in [0.4, 0.5) is 0 Å². The minimum absolute atomic E-state index is 0.248. The molecule has 0 aliphatic carbocycles. The van der Waals surface area contributed by atoms with Crippen molar-refractivity contribution in [2.75, 3.05) is 20.1 Å². The maximum Gasteiger partial charge on any atom is 0.0216 e. The number of likely N-dealkylation sites (tertiary alicyclic amines) is 1. The van der Waals surface area contributed by atoms with Crippen molar-refractivity contribution in [3.8, 4) is 0 Å². The fourth-order valence-electron chi connectivity index (χ4n) is 3.60. The molecule has 0 aromatic heterocycles. The van der Waals surface area contributed by atoms with Crippen LogP contribution >= 0.6 is 0 Å². The SMILES string of the molecule is CN1CCC(c2cccc3c2CNC(C)(C)C3)CC1. The van der Waals surface area contributed by atoms with Gasteiger partial charge in [0.15, 0.2) is 0 Å². The number of nitrogens with one attached hydrogen (secondary N) is 1. The van der Waals surface area contributed by atoms with E-state index in [1.807, 2.05) is 0 Å². The molecule has 2 aliphatic heterocycles. The van der Waals surface area contributed by atoms with Gasteiger partial charge in [0.05, 0.1) is 0 Å². The van der Waals surface area contributed by atoms with Crippen LogP contribution in [0.15, 0.2) is 18.2 Å². The van der Waals surface area contributed by atoms with E-state index in [1.165, 1.54) is 25.9 Å². The van der Waals surface area contributed by atoms with Crippen molar-refractivity contribution in [3.63, 3.8) is 0 Å². The molecule has 2 heteroatoms. The second kappa shape index (κ2) is 4.92. The van der Waals surface area contributed by atoms with Crippen LogP contribution < -0.4 is 5.32 Å². The highest BCUT2D eigenvalue weighted by Gasteiger charge is 2.28. The normalized spacial score (nSPS) is 24.2. The molecule has 1 aromatic rings. The molecule has 104 valence electrons. The van der Waals surface area contributed by atoms with E-state index in [9.17, 15) is 0 Å². The van der Waals surface area contributed by atoms with Crippen LogP contribution in [0.25, 0.3) is 0 Å². The predicted octanol–water partition coefficient (Wildman–Crippen LogP) is 2.92. The lowest BCUT2D eigenvalue weighted by atomic mass is 9.80. The summed E-state index contributed by atoms with van der Waals surface area (Å²) in [5.41, 5.74) is 5.03. The van der Waals surface area contributed by atoms with Gasteiger partial charge in [0.1, 0.15) is 0 Å². The Morgan fingerprint density at radius 1 is 1.21 bits per heavy atom. The van der Waals surface area contributed by atoms with E-state index < -0.39 is 0 Å². The van der Waals surface area contributed by atoms with Crippen molar-refractivity contribution in [1.29, 1.82) is 0 Å². The van der Waals surface area contributed by atoms with Crippen LogP contribution in [0.5, 0.6) is 0 Å². The first-order chi connectivity index (χ1) is 9.05. The molecule has 3 rings (SSSR count). The van der Waals surface area contributed by atoms with Crippen molar-refractivity contribution in [1.82, 2.24) is 10.2 Å². The zero-order valence-electron chi connectivity index (χ0n) is 12.5. The molecule has 2 nitrogen and oxygen atoms in total. The average Bonchev–Trinajstić information content (AvgIpc) is 2.37. The summed E-state index contributed by atoms with van der Waals surface area (Å²) in [7, 11) is 2.24. The maximum absolute atomic E-state index is 3.69. The topological polar surface area (TPSA) is 15.3 Å². The van der Waals surface area contributed by atoms with E-state index in [4.69, 9.17) is 0 Å². The summed E-state index contributed by atoms with van der Waals surface area (Å²) in [5.74, 6) is 0.772. The number of benzene rings is 1. The van der Waals surface area contributed by atoms with E-state index in [1.54, 1.807) is 16.7 Å². The Kier molecular flexibility index (Phi) is 3.40. The van der Waals surface area contributed by atoms with E-state index in [2.05, 4.69) is 49.3 Å². The van der Waals surface area contributed by atoms with E-state index in [0.29, 0.717) is 0 Å². The average molecular weight is 258 g/mol. The largest absolute Gasteiger partial charge is 0.307 e. The number of piperidine rings is 1. The zero-order chi connectivity index (χ0) is 13.5. The molecule has 0 amide bonds. The summed E-state index contributed by atoms with van der Waals surface area (Å²) in [4.78, 5) is 2.45. The molecule has 0 radical (unpaired) electrons. The lowest BCUT2D eigenvalue weighted by Crippen LogP contribution is -2.45. The Hall–Kier alpha value is -0.860. The van der Waals surface area contributed by atoms with Crippen molar-refractivity contribution >= 4 is 0 Å². The number of hydrogen-bond donors (Lipinski definition) is 1. The standard InChI is InChI=1S/C17H26N2/c1-17(2)11-14-5-4-6-15(16(14)12-18-17)13-7-9-19(3)10-8-13/h4-6,13,18H,7-12H2,1-3H3. The predicted molar refractivity (Wildman–Crippen MR) is 80.5 cm³/mol. The summed E-state index contributed by atoms with van der Waals surface area (Å²) >= 11 is 0. The Morgan fingerprint density at radius 2 is 1.95 bits per heavy atom. The van der Waals surface area contributed by atoms with Gasteiger partial charge >= 0.3 is 0 Å². The highest BCUT2D eigenvalue weighted by Crippen LogP contribution is 2.34. The van der Waals surface area contributed by atoms with Crippen LogP contribution in [-0.2, 0) is 13.0 Å². The summed E-state index contributed by atoms with van der Waals surface area (Å²) < 4.78 is 0. The quantitative estimate of drug-likeness (QED) is 0.833. The molecule has 1 N–H and O–H groups in total. The van der Waals surface area contributed by atoms with Gasteiger partial charge < -0.3 is 10.2 Å². The molecule has 2 heterocycles. The molecule has 0 saturated carbocycles. The fraction of sp³-hybridized carbons (Fsp3) is 0.647. The Labute approximate surface area is 117 Å². The fourth-order valence-corrected chi connectivity index (χ4v) is 3.60. The molecular weight excluding hydrogens is 232 g/mol. The summed E-state index contributed by atoms with van der Waals surface area (Å²) in [6.07, 6.45) is 3.79. The number of rotatable bonds is 1. The Balaban J connectivity index is 1.87. The van der Waals surface area contributed by atoms with Gasteiger partial charge in [-0.15, -0.1) is 0 Å². The van der Waals surface area contributed by atoms with Crippen LogP contribution in [0.2, 0.25) is 0 Å². The van der Waals surface area contributed by atoms with Crippen molar-refractivity contribution in [2.45, 2.75) is 51.1 Å². The zero-order valence-corrected chi connectivity index (χ0v) is 12.5. The smallest absolute Gasteiger partial charge is 0.0216 e. The van der Waals surface area contributed by atoms with Gasteiger partial charge in [-0.3, -0.25) is 0 Å². The van der Waals surface area contributed by atoms with Gasteiger partial charge in [-0.25, -0.2) is 0 Å². The summed E-state index contributed by atoms with van der Waals surface area (Å²) in [5, 5.41) is 3.69. The van der Waals surface area contributed by atoms with Crippen molar-refractivity contribution in [2.24, 2.45) is 0 Å². The molecule has 1 aromatic carbocycles. The molecule has 0 bridgehead atoms. The third kappa shape index (κ3) is 2.70. The summed E-state index contributed by atoms with van der Waals surface area (Å²) in [6.45, 7) is 8.14. The third-order valence-corrected chi connectivity index (χ3v) is 4.84. The molecule has 0 atom stereocenters. The van der Waals surface area contributed by atoms with E-state index in [0.717, 1.165) is 18.9 Å². The number of hydrogen-bond acceptors (Lipinski definition) is 2. The van der Waals surface area contributed by atoms with Gasteiger partial charge in [0, 0.05) is 12.1 Å². The Bertz CT molecular complexity index is 456. The van der Waals surface area contributed by atoms with E-state index in [-0.39, 0.29) is 5.54 Å². The molecule has 0 spiro atoms. The van der Waals surface area contributed by atoms with Crippen LogP contribution in [0.3, 0.4) is 0 Å². The minimum atomic E-state index is 0.248. The van der Waals surface area contributed by atoms with E-state index >= 15 is 0 Å². The Morgan fingerprint density at radius 3 is 2.68 bits per heavy atom. The lowest BCUT2D eigenvalue weighted by Gasteiger charge is -2.36. The molecule has 19 heavy (non-hydrogen) atoms. The molecule has 1 fully saturated rings. The van der Waals surface area contributed by atoms with Gasteiger partial charge in [0.25, 0.3) is 0 Å². The number of nitrogens with zero attached hydrogens (tertiary/aromatic N) is 1. The van der Waals surface area contributed by atoms with Crippen molar-refractivity contribution < 1.29 is 0 Å². The first-order valence-electron chi connectivity index (χ1n) is 7.59. The van der Waals surface area contributed by atoms with Gasteiger partial charge in [0.2, 0.25) is 0 Å².